The van der Waals surface area contributed by atoms with Crippen LogP contribution < -0.4 is 0 Å². The second kappa shape index (κ2) is 8.09. The summed E-state index contributed by atoms with van der Waals surface area (Å²) in [6, 6.07) is 3.49. The smallest absolute Gasteiger partial charge is 0.335 e. The van der Waals surface area contributed by atoms with Crippen molar-refractivity contribution in [2.75, 3.05) is 0 Å². The molecule has 182 valence electrons. The summed E-state index contributed by atoms with van der Waals surface area (Å²) in [7, 11) is 0. The van der Waals surface area contributed by atoms with E-state index in [4.69, 9.17) is 9.47 Å². The molecule has 1 aliphatic heterocycles. The summed E-state index contributed by atoms with van der Waals surface area (Å²) >= 11 is 0. The number of hydrogen-bond donors (Lipinski definition) is 6. The predicted octanol–water partition coefficient (Wildman–Crippen LogP) is 1.23. The molecule has 0 radical (unpaired) electrons. The summed E-state index contributed by atoms with van der Waals surface area (Å²) in [6.45, 7) is 2.17. The number of aliphatic hydroxyl groups excluding tert-OH is 3. The van der Waals surface area contributed by atoms with Crippen LogP contribution in [0.4, 0.5) is 0 Å². The first kappa shape index (κ1) is 22.9. The molecule has 9 heteroatoms. The Labute approximate surface area is 191 Å². The monoisotopic (exact) mass is 464 g/mol. The van der Waals surface area contributed by atoms with Gasteiger partial charge in [0, 0.05) is 5.56 Å². The molecule has 0 aromatic heterocycles. The van der Waals surface area contributed by atoms with Gasteiger partial charge in [-0.25, -0.2) is 4.79 Å². The van der Waals surface area contributed by atoms with E-state index in [0.29, 0.717) is 24.2 Å². The molecule has 0 amide bonds. The van der Waals surface area contributed by atoms with Gasteiger partial charge in [0.05, 0.1) is 6.10 Å². The summed E-state index contributed by atoms with van der Waals surface area (Å²) in [5.41, 5.74) is 1.75. The predicted molar refractivity (Wildman–Crippen MR) is 114 cm³/mol. The number of aliphatic carboxylic acids is 1. The number of phenols is 2. The maximum Gasteiger partial charge on any atom is 0.335 e. The Kier molecular flexibility index (Phi) is 5.61. The molecular weight excluding hydrogens is 432 g/mol. The van der Waals surface area contributed by atoms with Crippen LogP contribution in [0.1, 0.15) is 56.1 Å². The second-order valence-corrected chi connectivity index (χ2v) is 10.4. The van der Waals surface area contributed by atoms with Gasteiger partial charge in [0.2, 0.25) is 0 Å². The van der Waals surface area contributed by atoms with Crippen molar-refractivity contribution < 1.29 is 44.9 Å². The van der Waals surface area contributed by atoms with Crippen molar-refractivity contribution in [3.05, 3.63) is 23.3 Å². The Morgan fingerprint density at radius 1 is 1.06 bits per heavy atom. The fourth-order valence-electron chi connectivity index (χ4n) is 7.14. The van der Waals surface area contributed by atoms with Crippen LogP contribution in [0, 0.1) is 17.3 Å². The van der Waals surface area contributed by atoms with Gasteiger partial charge in [0.15, 0.2) is 23.9 Å². The molecule has 1 heterocycles. The highest BCUT2D eigenvalue weighted by Gasteiger charge is 2.57. The van der Waals surface area contributed by atoms with E-state index in [9.17, 15) is 35.4 Å². The number of carboxylic acids is 1. The molecule has 0 unspecified atom stereocenters. The molecular formula is C24H32O9. The van der Waals surface area contributed by atoms with Gasteiger partial charge in [-0.05, 0) is 73.3 Å². The SMILES string of the molecule is C[C@]12CC[C@@H]3c4ccc(O)c(O)c4CC[C@H]3[C@@H]1CC[C@@H]2O[C@@H]1O[C@H](C(=O)O)[C@@H](O)[C@H](O)[C@H]1O. The molecule has 9 nitrogen and oxygen atoms in total. The molecule has 1 aromatic rings. The minimum atomic E-state index is -1.74. The number of rotatable bonds is 3. The van der Waals surface area contributed by atoms with E-state index in [-0.39, 0.29) is 23.0 Å². The summed E-state index contributed by atoms with van der Waals surface area (Å²) < 4.78 is 11.5. The number of hydrogen-bond acceptors (Lipinski definition) is 8. The first-order valence-corrected chi connectivity index (χ1v) is 11.7. The van der Waals surface area contributed by atoms with E-state index in [2.05, 4.69) is 6.92 Å². The van der Waals surface area contributed by atoms with Crippen LogP contribution in [0.5, 0.6) is 11.5 Å². The van der Waals surface area contributed by atoms with Crippen molar-refractivity contribution in [2.24, 2.45) is 17.3 Å². The molecule has 3 fully saturated rings. The van der Waals surface area contributed by atoms with Gasteiger partial charge in [0.25, 0.3) is 0 Å². The number of carbonyl (C=O) groups is 1. The summed E-state index contributed by atoms with van der Waals surface area (Å²) in [5, 5.41) is 60.0. The zero-order chi connectivity index (χ0) is 23.7. The Morgan fingerprint density at radius 3 is 2.55 bits per heavy atom. The van der Waals surface area contributed by atoms with Crippen LogP contribution in [0.3, 0.4) is 0 Å². The van der Waals surface area contributed by atoms with E-state index in [1.54, 1.807) is 6.07 Å². The molecule has 0 bridgehead atoms. The molecule has 1 aromatic carbocycles. The highest BCUT2D eigenvalue weighted by molar-refractivity contribution is 5.73. The third-order valence-corrected chi connectivity index (χ3v) is 8.89. The van der Waals surface area contributed by atoms with Crippen LogP contribution in [0.2, 0.25) is 0 Å². The van der Waals surface area contributed by atoms with Gasteiger partial charge in [0.1, 0.15) is 18.3 Å². The summed E-state index contributed by atoms with van der Waals surface area (Å²) in [4.78, 5) is 11.4. The van der Waals surface area contributed by atoms with Gasteiger partial charge in [-0.1, -0.05) is 13.0 Å². The average Bonchev–Trinajstić information content (AvgIpc) is 3.12. The van der Waals surface area contributed by atoms with Crippen molar-refractivity contribution in [2.45, 2.75) is 88.2 Å². The van der Waals surface area contributed by atoms with Crippen LogP contribution in [-0.4, -0.2) is 73.4 Å². The van der Waals surface area contributed by atoms with Crippen LogP contribution in [-0.2, 0) is 20.7 Å². The molecule has 4 aliphatic rings. The molecule has 33 heavy (non-hydrogen) atoms. The zero-order valence-corrected chi connectivity index (χ0v) is 18.5. The van der Waals surface area contributed by atoms with Gasteiger partial charge in [-0.15, -0.1) is 0 Å². The van der Waals surface area contributed by atoms with Crippen LogP contribution in [0.15, 0.2) is 12.1 Å². The lowest BCUT2D eigenvalue weighted by Crippen LogP contribution is -2.61. The quantitative estimate of drug-likeness (QED) is 0.362. The fraction of sp³-hybridized carbons (Fsp3) is 0.708. The third-order valence-electron chi connectivity index (χ3n) is 8.89. The topological polar surface area (TPSA) is 157 Å². The lowest BCUT2D eigenvalue weighted by Gasteiger charge is -2.51. The standard InChI is InChI=1S/C24H32O9/c1-24-9-8-11-10-4-6-15(25)17(26)13(10)3-2-12(11)14(24)5-7-16(24)32-23-20(29)18(27)19(28)21(33-23)22(30)31/h4,6,11-12,14,16,18-21,23,25-29H,2-3,5,7-9H2,1H3,(H,30,31)/t11-,12-,14+,16+,18+,19+,20-,21+,23-,24+/m1/s1. The van der Waals surface area contributed by atoms with Crippen LogP contribution in [0.25, 0.3) is 0 Å². The Bertz CT molecular complexity index is 935. The molecule has 1 saturated heterocycles. The van der Waals surface area contributed by atoms with Crippen molar-refractivity contribution in [1.82, 2.24) is 0 Å². The highest BCUT2D eigenvalue weighted by Crippen LogP contribution is 2.62. The number of phenolic OH excluding ortho intramolecular Hbond substituents is 2. The third kappa shape index (κ3) is 3.44. The number of ether oxygens (including phenoxy) is 2. The number of aliphatic hydroxyl groups is 3. The van der Waals surface area contributed by atoms with Gasteiger partial charge in [-0.2, -0.15) is 0 Å². The highest BCUT2D eigenvalue weighted by atomic mass is 16.7. The summed E-state index contributed by atoms with van der Waals surface area (Å²) in [5.74, 6) is -0.485. The maximum atomic E-state index is 11.4. The van der Waals surface area contributed by atoms with Crippen molar-refractivity contribution in [3.63, 3.8) is 0 Å². The molecule has 3 aliphatic carbocycles. The van der Waals surface area contributed by atoms with E-state index in [1.807, 2.05) is 6.07 Å². The average molecular weight is 465 g/mol. The van der Waals surface area contributed by atoms with E-state index < -0.39 is 36.7 Å². The van der Waals surface area contributed by atoms with Gasteiger partial charge < -0.3 is 40.1 Å². The minimum Gasteiger partial charge on any atom is -0.504 e. The first-order chi connectivity index (χ1) is 15.6. The number of carboxylic acid groups (broad SMARTS) is 1. The van der Waals surface area contributed by atoms with Crippen LogP contribution >= 0.6 is 0 Å². The second-order valence-electron chi connectivity index (χ2n) is 10.4. The fourth-order valence-corrected chi connectivity index (χ4v) is 7.14. The zero-order valence-electron chi connectivity index (χ0n) is 18.5. The number of benzene rings is 1. The Morgan fingerprint density at radius 2 is 1.82 bits per heavy atom. The number of aromatic hydroxyl groups is 2. The van der Waals surface area contributed by atoms with Crippen molar-refractivity contribution in [3.8, 4) is 11.5 Å². The summed E-state index contributed by atoms with van der Waals surface area (Å²) in [6.07, 6.45) is -3.28. The lowest BCUT2D eigenvalue weighted by molar-refractivity contribution is -0.312. The van der Waals surface area contributed by atoms with Gasteiger partial charge in [-0.3, -0.25) is 0 Å². The molecule has 10 atom stereocenters. The Balaban J connectivity index is 1.35. The number of fused-ring (bicyclic) bond motifs is 5. The van der Waals surface area contributed by atoms with Crippen molar-refractivity contribution in [1.29, 1.82) is 0 Å². The van der Waals surface area contributed by atoms with Crippen molar-refractivity contribution >= 4 is 5.97 Å². The molecule has 2 saturated carbocycles. The van der Waals surface area contributed by atoms with E-state index in [0.717, 1.165) is 43.2 Å². The normalized spacial score (nSPS) is 44.5. The minimum absolute atomic E-state index is 0.0101. The van der Waals surface area contributed by atoms with E-state index >= 15 is 0 Å². The van der Waals surface area contributed by atoms with E-state index in [1.165, 1.54) is 0 Å². The Hall–Kier alpha value is -1.91. The molecule has 0 spiro atoms. The largest absolute Gasteiger partial charge is 0.504 e. The first-order valence-electron chi connectivity index (χ1n) is 11.7. The lowest BCUT2D eigenvalue weighted by atomic mass is 9.55. The molecule has 5 rings (SSSR count). The molecule has 6 N–H and O–H groups in total. The van der Waals surface area contributed by atoms with Gasteiger partial charge >= 0.3 is 5.97 Å². The maximum absolute atomic E-state index is 11.4.